The molecule has 0 aromatic carbocycles. The second kappa shape index (κ2) is 9.41. The van der Waals surface area contributed by atoms with Crippen LogP contribution in [0.2, 0.25) is 0 Å². The summed E-state index contributed by atoms with van der Waals surface area (Å²) in [5.41, 5.74) is 0.847. The van der Waals surface area contributed by atoms with Crippen molar-refractivity contribution in [2.75, 3.05) is 6.54 Å². The Morgan fingerprint density at radius 3 is 2.05 bits per heavy atom. The van der Waals surface area contributed by atoms with Crippen LogP contribution in [-0.2, 0) is 4.79 Å². The fourth-order valence-corrected chi connectivity index (χ4v) is 2.16. The van der Waals surface area contributed by atoms with Crippen LogP contribution in [0.15, 0.2) is 0 Å². The predicted molar refractivity (Wildman–Crippen MR) is 88.9 cm³/mol. The molecule has 20 heavy (non-hydrogen) atoms. The number of carbonyl (C=O) groups excluding carboxylic acids is 1. The molecule has 0 aromatic heterocycles. The second-order valence-corrected chi connectivity index (χ2v) is 8.09. The standard InChI is InChI=1S/C18H37NO/c1-7-18(5,6)14-9-8-12-16(20)19-15-11-10-13-17(2,3)4/h7-15H2,1-6H3,(H,19,20). The molecular weight excluding hydrogens is 246 g/mol. The smallest absolute Gasteiger partial charge is 0.219 e. The van der Waals surface area contributed by atoms with Gasteiger partial charge in [0.1, 0.15) is 0 Å². The third kappa shape index (κ3) is 12.5. The second-order valence-electron chi connectivity index (χ2n) is 8.09. The fourth-order valence-electron chi connectivity index (χ4n) is 2.16. The van der Waals surface area contributed by atoms with Crippen molar-refractivity contribution in [3.63, 3.8) is 0 Å². The van der Waals surface area contributed by atoms with Gasteiger partial charge in [0.25, 0.3) is 0 Å². The molecule has 2 heteroatoms. The van der Waals surface area contributed by atoms with E-state index in [-0.39, 0.29) is 5.91 Å². The zero-order chi connectivity index (χ0) is 15.6. The van der Waals surface area contributed by atoms with Crippen molar-refractivity contribution >= 4 is 5.91 Å². The van der Waals surface area contributed by atoms with Crippen LogP contribution in [0.4, 0.5) is 0 Å². The van der Waals surface area contributed by atoms with Crippen LogP contribution >= 0.6 is 0 Å². The summed E-state index contributed by atoms with van der Waals surface area (Å²) in [5.74, 6) is 0.232. The molecule has 1 amide bonds. The molecule has 0 saturated heterocycles. The van der Waals surface area contributed by atoms with Crippen LogP contribution < -0.4 is 5.32 Å². The van der Waals surface area contributed by atoms with E-state index in [1.165, 1.54) is 25.7 Å². The maximum absolute atomic E-state index is 11.7. The van der Waals surface area contributed by atoms with Gasteiger partial charge in [-0.3, -0.25) is 4.79 Å². The summed E-state index contributed by atoms with van der Waals surface area (Å²) in [6.45, 7) is 14.5. The van der Waals surface area contributed by atoms with Gasteiger partial charge in [-0.2, -0.15) is 0 Å². The lowest BCUT2D eigenvalue weighted by Gasteiger charge is -2.22. The molecule has 0 aromatic rings. The molecule has 0 fully saturated rings. The van der Waals surface area contributed by atoms with E-state index in [9.17, 15) is 4.79 Å². The molecule has 0 aliphatic heterocycles. The minimum absolute atomic E-state index is 0.232. The molecular formula is C18H37NO. The topological polar surface area (TPSA) is 29.1 Å². The fraction of sp³-hybridized carbons (Fsp3) is 0.944. The molecule has 0 atom stereocenters. The quantitative estimate of drug-likeness (QED) is 0.540. The highest BCUT2D eigenvalue weighted by Crippen LogP contribution is 2.27. The van der Waals surface area contributed by atoms with Gasteiger partial charge in [-0.1, -0.05) is 60.8 Å². The first-order valence-electron chi connectivity index (χ1n) is 8.43. The average molecular weight is 284 g/mol. The van der Waals surface area contributed by atoms with Crippen molar-refractivity contribution in [1.82, 2.24) is 5.32 Å². The third-order valence-electron chi connectivity index (χ3n) is 4.14. The molecule has 0 spiro atoms. The summed E-state index contributed by atoms with van der Waals surface area (Å²) in [6.07, 6.45) is 8.86. The SMILES string of the molecule is CCC(C)(C)CCCCC(=O)NCCCCC(C)(C)C. The van der Waals surface area contributed by atoms with Crippen LogP contribution in [0.3, 0.4) is 0 Å². The average Bonchev–Trinajstić information content (AvgIpc) is 2.33. The largest absolute Gasteiger partial charge is 0.356 e. The molecule has 120 valence electrons. The molecule has 0 heterocycles. The van der Waals surface area contributed by atoms with Crippen molar-refractivity contribution in [2.45, 2.75) is 92.9 Å². The van der Waals surface area contributed by atoms with Gasteiger partial charge in [0.2, 0.25) is 5.91 Å². The molecule has 0 radical (unpaired) electrons. The van der Waals surface area contributed by atoms with Gasteiger partial charge in [0.05, 0.1) is 0 Å². The van der Waals surface area contributed by atoms with Crippen LogP contribution in [0.1, 0.15) is 92.9 Å². The lowest BCUT2D eigenvalue weighted by molar-refractivity contribution is -0.121. The Morgan fingerprint density at radius 1 is 0.900 bits per heavy atom. The van der Waals surface area contributed by atoms with Crippen molar-refractivity contribution < 1.29 is 4.79 Å². The minimum Gasteiger partial charge on any atom is -0.356 e. The molecule has 0 saturated carbocycles. The highest BCUT2D eigenvalue weighted by molar-refractivity contribution is 5.75. The van der Waals surface area contributed by atoms with E-state index < -0.39 is 0 Å². The maximum Gasteiger partial charge on any atom is 0.219 e. The summed E-state index contributed by atoms with van der Waals surface area (Å²) in [5, 5.41) is 3.04. The lowest BCUT2D eigenvalue weighted by Crippen LogP contribution is -2.24. The number of amides is 1. The zero-order valence-corrected chi connectivity index (χ0v) is 14.8. The highest BCUT2D eigenvalue weighted by atomic mass is 16.1. The van der Waals surface area contributed by atoms with Crippen LogP contribution in [0.5, 0.6) is 0 Å². The molecule has 0 unspecified atom stereocenters. The van der Waals surface area contributed by atoms with E-state index in [1.54, 1.807) is 0 Å². The predicted octanol–water partition coefficient (Wildman–Crippen LogP) is 5.32. The van der Waals surface area contributed by atoms with Crippen molar-refractivity contribution in [1.29, 1.82) is 0 Å². The molecule has 0 bridgehead atoms. The molecule has 0 aliphatic rings. The van der Waals surface area contributed by atoms with Crippen LogP contribution in [0.25, 0.3) is 0 Å². The summed E-state index contributed by atoms with van der Waals surface area (Å²) in [4.78, 5) is 11.7. The first-order valence-corrected chi connectivity index (χ1v) is 8.43. The lowest BCUT2D eigenvalue weighted by atomic mass is 9.84. The Hall–Kier alpha value is -0.530. The molecule has 2 nitrogen and oxygen atoms in total. The number of carbonyl (C=O) groups is 1. The monoisotopic (exact) mass is 283 g/mol. The zero-order valence-electron chi connectivity index (χ0n) is 14.8. The Bertz CT molecular complexity index is 263. The summed E-state index contributed by atoms with van der Waals surface area (Å²) < 4.78 is 0. The van der Waals surface area contributed by atoms with E-state index in [4.69, 9.17) is 0 Å². The van der Waals surface area contributed by atoms with E-state index in [2.05, 4.69) is 46.9 Å². The van der Waals surface area contributed by atoms with E-state index in [0.717, 1.165) is 25.8 Å². The highest BCUT2D eigenvalue weighted by Gasteiger charge is 2.14. The molecule has 0 aliphatic carbocycles. The Balaban J connectivity index is 3.47. The van der Waals surface area contributed by atoms with E-state index in [1.807, 2.05) is 0 Å². The Kier molecular flexibility index (Phi) is 9.16. The van der Waals surface area contributed by atoms with Crippen LogP contribution in [0, 0.1) is 10.8 Å². The summed E-state index contributed by atoms with van der Waals surface area (Å²) >= 11 is 0. The summed E-state index contributed by atoms with van der Waals surface area (Å²) in [6, 6.07) is 0. The maximum atomic E-state index is 11.7. The number of hydrogen-bond donors (Lipinski definition) is 1. The minimum atomic E-state index is 0.232. The number of hydrogen-bond acceptors (Lipinski definition) is 1. The first-order chi connectivity index (χ1) is 9.16. The normalized spacial score (nSPS) is 12.5. The van der Waals surface area contributed by atoms with Crippen molar-refractivity contribution in [3.8, 4) is 0 Å². The van der Waals surface area contributed by atoms with Gasteiger partial charge in [0, 0.05) is 13.0 Å². The van der Waals surface area contributed by atoms with Gasteiger partial charge in [0.15, 0.2) is 0 Å². The first kappa shape index (κ1) is 19.5. The van der Waals surface area contributed by atoms with Gasteiger partial charge < -0.3 is 5.32 Å². The van der Waals surface area contributed by atoms with Gasteiger partial charge in [-0.05, 0) is 36.5 Å². The third-order valence-corrected chi connectivity index (χ3v) is 4.14. The van der Waals surface area contributed by atoms with E-state index in [0.29, 0.717) is 17.3 Å². The van der Waals surface area contributed by atoms with E-state index >= 15 is 0 Å². The van der Waals surface area contributed by atoms with Crippen molar-refractivity contribution in [2.24, 2.45) is 10.8 Å². The number of nitrogens with one attached hydrogen (secondary N) is 1. The van der Waals surface area contributed by atoms with Gasteiger partial charge in [-0.15, -0.1) is 0 Å². The van der Waals surface area contributed by atoms with Gasteiger partial charge in [-0.25, -0.2) is 0 Å². The number of unbranched alkanes of at least 4 members (excludes halogenated alkanes) is 2. The van der Waals surface area contributed by atoms with Crippen LogP contribution in [-0.4, -0.2) is 12.5 Å². The Labute approximate surface area is 127 Å². The molecule has 0 rings (SSSR count). The summed E-state index contributed by atoms with van der Waals surface area (Å²) in [7, 11) is 0. The van der Waals surface area contributed by atoms with Crippen molar-refractivity contribution in [3.05, 3.63) is 0 Å². The number of rotatable bonds is 10. The Morgan fingerprint density at radius 2 is 1.50 bits per heavy atom. The van der Waals surface area contributed by atoms with Gasteiger partial charge >= 0.3 is 0 Å². The molecule has 1 N–H and O–H groups in total.